The SMILES string of the molecule is C=C(C)Cn1c(CNC(=O)Cc2ccccc2)nc2ccccc21. The Bertz CT molecular complexity index is 865. The van der Waals surface area contributed by atoms with Gasteiger partial charge in [0.2, 0.25) is 5.91 Å². The number of allylic oxidation sites excluding steroid dienone is 1. The van der Waals surface area contributed by atoms with E-state index in [1.165, 1.54) is 0 Å². The van der Waals surface area contributed by atoms with Gasteiger partial charge in [-0.15, -0.1) is 0 Å². The number of nitrogens with one attached hydrogen (secondary N) is 1. The molecule has 0 spiro atoms. The second-order valence-corrected chi connectivity index (χ2v) is 6.00. The summed E-state index contributed by atoms with van der Waals surface area (Å²) >= 11 is 0. The first kappa shape index (κ1) is 16.0. The normalized spacial score (nSPS) is 10.7. The number of benzene rings is 2. The molecular formula is C20H21N3O. The lowest BCUT2D eigenvalue weighted by Gasteiger charge is -2.10. The second-order valence-electron chi connectivity index (χ2n) is 6.00. The van der Waals surface area contributed by atoms with Crippen LogP contribution in [-0.4, -0.2) is 15.5 Å². The van der Waals surface area contributed by atoms with Crippen LogP contribution in [0.15, 0.2) is 66.7 Å². The molecule has 2 aromatic carbocycles. The van der Waals surface area contributed by atoms with Crippen molar-refractivity contribution in [3.05, 3.63) is 78.1 Å². The Morgan fingerprint density at radius 3 is 2.58 bits per heavy atom. The number of carbonyl (C=O) groups is 1. The average molecular weight is 319 g/mol. The van der Waals surface area contributed by atoms with Crippen molar-refractivity contribution in [1.82, 2.24) is 14.9 Å². The van der Waals surface area contributed by atoms with E-state index in [9.17, 15) is 4.79 Å². The maximum absolute atomic E-state index is 12.2. The second kappa shape index (κ2) is 7.13. The van der Waals surface area contributed by atoms with Crippen LogP contribution in [0.3, 0.4) is 0 Å². The molecule has 1 amide bonds. The third-order valence-corrected chi connectivity index (χ3v) is 3.81. The van der Waals surface area contributed by atoms with E-state index in [1.807, 2.05) is 61.5 Å². The summed E-state index contributed by atoms with van der Waals surface area (Å²) in [5.74, 6) is 0.843. The Morgan fingerprint density at radius 1 is 1.12 bits per heavy atom. The Morgan fingerprint density at radius 2 is 1.83 bits per heavy atom. The molecule has 0 radical (unpaired) electrons. The maximum Gasteiger partial charge on any atom is 0.224 e. The molecule has 3 rings (SSSR count). The van der Waals surface area contributed by atoms with Crippen molar-refractivity contribution >= 4 is 16.9 Å². The van der Waals surface area contributed by atoms with Crippen molar-refractivity contribution in [3.63, 3.8) is 0 Å². The molecule has 0 saturated carbocycles. The summed E-state index contributed by atoms with van der Waals surface area (Å²) in [7, 11) is 0. The van der Waals surface area contributed by atoms with Crippen LogP contribution >= 0.6 is 0 Å². The standard InChI is InChI=1S/C20H21N3O/c1-15(2)14-23-18-11-7-6-10-17(18)22-19(23)13-21-20(24)12-16-8-4-3-5-9-16/h3-11H,1,12-14H2,2H3,(H,21,24). The molecule has 0 fully saturated rings. The topological polar surface area (TPSA) is 46.9 Å². The fourth-order valence-electron chi connectivity index (χ4n) is 2.73. The zero-order chi connectivity index (χ0) is 16.9. The minimum Gasteiger partial charge on any atom is -0.349 e. The van der Waals surface area contributed by atoms with Gasteiger partial charge in [-0.2, -0.15) is 0 Å². The van der Waals surface area contributed by atoms with Crippen LogP contribution in [0, 0.1) is 0 Å². The number of imidazole rings is 1. The number of hydrogen-bond acceptors (Lipinski definition) is 2. The molecule has 0 saturated heterocycles. The van der Waals surface area contributed by atoms with Gasteiger partial charge in [0.15, 0.2) is 0 Å². The number of rotatable bonds is 6. The third-order valence-electron chi connectivity index (χ3n) is 3.81. The van der Waals surface area contributed by atoms with Crippen molar-refractivity contribution in [2.24, 2.45) is 0 Å². The van der Waals surface area contributed by atoms with Crippen LogP contribution in [0.1, 0.15) is 18.3 Å². The molecule has 24 heavy (non-hydrogen) atoms. The van der Waals surface area contributed by atoms with E-state index in [-0.39, 0.29) is 5.91 Å². The van der Waals surface area contributed by atoms with Gasteiger partial charge < -0.3 is 9.88 Å². The molecular weight excluding hydrogens is 298 g/mol. The van der Waals surface area contributed by atoms with Crippen LogP contribution < -0.4 is 5.32 Å². The summed E-state index contributed by atoms with van der Waals surface area (Å²) in [5.41, 5.74) is 4.05. The lowest BCUT2D eigenvalue weighted by Crippen LogP contribution is -2.26. The van der Waals surface area contributed by atoms with Gasteiger partial charge in [-0.25, -0.2) is 4.98 Å². The van der Waals surface area contributed by atoms with Gasteiger partial charge in [0.05, 0.1) is 24.0 Å². The largest absolute Gasteiger partial charge is 0.349 e. The number of carbonyl (C=O) groups excluding carboxylic acids is 1. The van der Waals surface area contributed by atoms with Crippen molar-refractivity contribution in [1.29, 1.82) is 0 Å². The molecule has 0 unspecified atom stereocenters. The summed E-state index contributed by atoms with van der Waals surface area (Å²) in [4.78, 5) is 16.8. The molecule has 1 heterocycles. The molecule has 4 heteroatoms. The van der Waals surface area contributed by atoms with Gasteiger partial charge in [0.25, 0.3) is 0 Å². The fourth-order valence-corrected chi connectivity index (χ4v) is 2.73. The summed E-state index contributed by atoms with van der Waals surface area (Å²) in [6.07, 6.45) is 0.377. The van der Waals surface area contributed by atoms with Crippen molar-refractivity contribution < 1.29 is 4.79 Å². The highest BCUT2D eigenvalue weighted by Crippen LogP contribution is 2.17. The van der Waals surface area contributed by atoms with Crippen molar-refractivity contribution in [2.45, 2.75) is 26.4 Å². The lowest BCUT2D eigenvalue weighted by atomic mass is 10.1. The minimum atomic E-state index is -0.00451. The van der Waals surface area contributed by atoms with Crippen molar-refractivity contribution in [2.75, 3.05) is 0 Å². The molecule has 4 nitrogen and oxygen atoms in total. The predicted molar refractivity (Wildman–Crippen MR) is 96.5 cm³/mol. The number of fused-ring (bicyclic) bond motifs is 1. The predicted octanol–water partition coefficient (Wildman–Crippen LogP) is 3.47. The number of aromatic nitrogens is 2. The van der Waals surface area contributed by atoms with Crippen LogP contribution in [-0.2, 0) is 24.3 Å². The van der Waals surface area contributed by atoms with Gasteiger partial charge in [0.1, 0.15) is 5.82 Å². The van der Waals surface area contributed by atoms with Crippen LogP contribution in [0.2, 0.25) is 0 Å². The van der Waals surface area contributed by atoms with E-state index in [2.05, 4.69) is 21.4 Å². The van der Waals surface area contributed by atoms with Crippen LogP contribution in [0.4, 0.5) is 0 Å². The zero-order valence-corrected chi connectivity index (χ0v) is 13.8. The molecule has 0 aliphatic rings. The third kappa shape index (κ3) is 3.71. The van der Waals surface area contributed by atoms with Crippen LogP contribution in [0.5, 0.6) is 0 Å². The highest BCUT2D eigenvalue weighted by Gasteiger charge is 2.11. The number of nitrogens with zero attached hydrogens (tertiary/aromatic N) is 2. The van der Waals surface area contributed by atoms with Gasteiger partial charge in [-0.3, -0.25) is 4.79 Å². The first-order valence-electron chi connectivity index (χ1n) is 8.02. The first-order valence-corrected chi connectivity index (χ1v) is 8.02. The molecule has 0 aliphatic carbocycles. The Hall–Kier alpha value is -2.88. The smallest absolute Gasteiger partial charge is 0.224 e. The van der Waals surface area contributed by atoms with Gasteiger partial charge in [-0.1, -0.05) is 54.6 Å². The minimum absolute atomic E-state index is 0.00451. The molecule has 0 atom stereocenters. The zero-order valence-electron chi connectivity index (χ0n) is 13.8. The molecule has 0 aliphatic heterocycles. The molecule has 0 bridgehead atoms. The van der Waals surface area contributed by atoms with Gasteiger partial charge >= 0.3 is 0 Å². The number of para-hydroxylation sites is 2. The average Bonchev–Trinajstić information content (AvgIpc) is 2.91. The summed E-state index contributed by atoms with van der Waals surface area (Å²) in [6.45, 7) is 7.09. The molecule has 3 aromatic rings. The van der Waals surface area contributed by atoms with E-state index in [1.54, 1.807) is 0 Å². The van der Waals surface area contributed by atoms with E-state index in [0.717, 1.165) is 28.0 Å². The molecule has 122 valence electrons. The maximum atomic E-state index is 12.2. The lowest BCUT2D eigenvalue weighted by molar-refractivity contribution is -0.120. The van der Waals surface area contributed by atoms with Gasteiger partial charge in [-0.05, 0) is 24.6 Å². The highest BCUT2D eigenvalue weighted by molar-refractivity contribution is 5.79. The Kier molecular flexibility index (Phi) is 4.75. The van der Waals surface area contributed by atoms with E-state index >= 15 is 0 Å². The van der Waals surface area contributed by atoms with E-state index in [0.29, 0.717) is 19.5 Å². The van der Waals surface area contributed by atoms with E-state index in [4.69, 9.17) is 0 Å². The quantitative estimate of drug-likeness (QED) is 0.707. The summed E-state index contributed by atoms with van der Waals surface area (Å²) in [5, 5.41) is 2.97. The van der Waals surface area contributed by atoms with Gasteiger partial charge in [0, 0.05) is 6.54 Å². The molecule has 1 N–H and O–H groups in total. The Labute approximate surface area is 141 Å². The fraction of sp³-hybridized carbons (Fsp3) is 0.200. The first-order chi connectivity index (χ1) is 11.6. The summed E-state index contributed by atoms with van der Waals surface area (Å²) in [6, 6.07) is 17.7. The number of hydrogen-bond donors (Lipinski definition) is 1. The van der Waals surface area contributed by atoms with Crippen LogP contribution in [0.25, 0.3) is 11.0 Å². The molecule has 1 aromatic heterocycles. The summed E-state index contributed by atoms with van der Waals surface area (Å²) < 4.78 is 2.11. The number of amides is 1. The van der Waals surface area contributed by atoms with E-state index < -0.39 is 0 Å². The highest BCUT2D eigenvalue weighted by atomic mass is 16.1. The Balaban J connectivity index is 1.74. The van der Waals surface area contributed by atoms with Crippen molar-refractivity contribution in [3.8, 4) is 0 Å². The monoisotopic (exact) mass is 319 g/mol.